The summed E-state index contributed by atoms with van der Waals surface area (Å²) in [7, 11) is 1.49. The van der Waals surface area contributed by atoms with Gasteiger partial charge in [-0.3, -0.25) is 9.59 Å². The van der Waals surface area contributed by atoms with Gasteiger partial charge in [-0.1, -0.05) is 28.1 Å². The molecule has 9 heteroatoms. The number of para-hydroxylation sites is 1. The molecule has 7 nitrogen and oxygen atoms in total. The molecule has 0 saturated carbocycles. The first-order valence-electron chi connectivity index (χ1n) is 8.11. The Balaban J connectivity index is 1.76. The number of nitrogens with zero attached hydrogens (tertiary/aromatic N) is 1. The van der Waals surface area contributed by atoms with Crippen LogP contribution in [0.1, 0.15) is 5.56 Å². The minimum Gasteiger partial charge on any atom is -0.496 e. The van der Waals surface area contributed by atoms with Gasteiger partial charge in [-0.25, -0.2) is 14.1 Å². The van der Waals surface area contributed by atoms with E-state index < -0.39 is 30.2 Å². The number of nitrogens with one attached hydrogen (secondary N) is 2. The Hall–Kier alpha value is -3.20. The van der Waals surface area contributed by atoms with Crippen molar-refractivity contribution in [2.75, 3.05) is 19.0 Å². The molecule has 3 rings (SSSR count). The summed E-state index contributed by atoms with van der Waals surface area (Å²) in [6, 6.07) is 10.1. The monoisotopic (exact) mass is 447 g/mol. The Morgan fingerprint density at radius 3 is 2.75 bits per heavy atom. The fraction of sp³-hybridized carbons (Fsp3) is 0.105. The first kappa shape index (κ1) is 19.6. The summed E-state index contributed by atoms with van der Waals surface area (Å²) in [6.45, 7) is -0.550. The van der Waals surface area contributed by atoms with Crippen LogP contribution in [-0.4, -0.2) is 36.4 Å². The van der Waals surface area contributed by atoms with Gasteiger partial charge < -0.3 is 15.4 Å². The molecule has 4 amide bonds. The van der Waals surface area contributed by atoms with E-state index in [4.69, 9.17) is 4.74 Å². The number of amides is 4. The van der Waals surface area contributed by atoms with Crippen LogP contribution in [0, 0.1) is 5.82 Å². The van der Waals surface area contributed by atoms with Gasteiger partial charge in [-0.15, -0.1) is 0 Å². The van der Waals surface area contributed by atoms with Gasteiger partial charge in [-0.2, -0.15) is 0 Å². The van der Waals surface area contributed by atoms with Gasteiger partial charge in [0.15, 0.2) is 0 Å². The summed E-state index contributed by atoms with van der Waals surface area (Å²) in [6.07, 6.45) is 1.46. The Kier molecular flexibility index (Phi) is 5.74. The van der Waals surface area contributed by atoms with Gasteiger partial charge in [0.1, 0.15) is 23.8 Å². The highest BCUT2D eigenvalue weighted by atomic mass is 79.9. The summed E-state index contributed by atoms with van der Waals surface area (Å²) in [5, 5.41) is 4.76. The zero-order valence-corrected chi connectivity index (χ0v) is 16.2. The Morgan fingerprint density at radius 2 is 2.04 bits per heavy atom. The fourth-order valence-corrected chi connectivity index (χ4v) is 2.96. The molecule has 144 valence electrons. The second-order valence-electron chi connectivity index (χ2n) is 5.79. The second-order valence-corrected chi connectivity index (χ2v) is 6.71. The van der Waals surface area contributed by atoms with Gasteiger partial charge >= 0.3 is 6.03 Å². The van der Waals surface area contributed by atoms with Crippen LogP contribution in [0.5, 0.6) is 5.75 Å². The molecular formula is C19H15BrFN3O4. The molecular weight excluding hydrogens is 433 g/mol. The Bertz CT molecular complexity index is 993. The summed E-state index contributed by atoms with van der Waals surface area (Å²) in [4.78, 5) is 37.5. The highest BCUT2D eigenvalue weighted by Crippen LogP contribution is 2.26. The molecule has 2 aromatic carbocycles. The fourth-order valence-electron chi connectivity index (χ4n) is 2.58. The van der Waals surface area contributed by atoms with Crippen LogP contribution in [0.15, 0.2) is 52.6 Å². The number of urea groups is 1. The Labute approximate surface area is 168 Å². The summed E-state index contributed by atoms with van der Waals surface area (Å²) in [5.74, 6) is -1.48. The van der Waals surface area contributed by atoms with E-state index in [0.29, 0.717) is 11.3 Å². The first-order valence-corrected chi connectivity index (χ1v) is 8.91. The molecule has 1 saturated heterocycles. The third-order valence-electron chi connectivity index (χ3n) is 3.90. The molecule has 0 aliphatic carbocycles. The van der Waals surface area contributed by atoms with Crippen LogP contribution < -0.4 is 15.4 Å². The number of imide groups is 1. The standard InChI is InChI=1S/C19H15BrFN3O4/c1-28-16-7-6-12(20)8-11(16)9-15-18(26)24(19(27)23-15)10-17(25)22-14-5-3-2-4-13(14)21/h2-9H,10H2,1H3,(H,22,25)(H,23,27)/b15-9+. The van der Waals surface area contributed by atoms with Crippen molar-refractivity contribution in [1.29, 1.82) is 0 Å². The van der Waals surface area contributed by atoms with Crippen molar-refractivity contribution in [2.45, 2.75) is 0 Å². The lowest BCUT2D eigenvalue weighted by Crippen LogP contribution is -2.38. The number of rotatable bonds is 5. The lowest BCUT2D eigenvalue weighted by molar-refractivity contribution is -0.127. The van der Waals surface area contributed by atoms with Gasteiger partial charge in [0, 0.05) is 10.0 Å². The van der Waals surface area contributed by atoms with Crippen LogP contribution in [-0.2, 0) is 9.59 Å². The van der Waals surface area contributed by atoms with Crippen molar-refractivity contribution >= 4 is 45.5 Å². The van der Waals surface area contributed by atoms with E-state index in [0.717, 1.165) is 9.37 Å². The van der Waals surface area contributed by atoms with Crippen LogP contribution in [0.4, 0.5) is 14.9 Å². The predicted octanol–water partition coefficient (Wildman–Crippen LogP) is 3.13. The van der Waals surface area contributed by atoms with E-state index in [1.807, 2.05) is 0 Å². The number of carbonyl (C=O) groups excluding carboxylic acids is 3. The molecule has 28 heavy (non-hydrogen) atoms. The van der Waals surface area contributed by atoms with E-state index in [-0.39, 0.29) is 11.4 Å². The zero-order chi connectivity index (χ0) is 20.3. The molecule has 0 radical (unpaired) electrons. The minimum absolute atomic E-state index is 0.0000849. The van der Waals surface area contributed by atoms with E-state index in [9.17, 15) is 18.8 Å². The maximum absolute atomic E-state index is 13.6. The second kappa shape index (κ2) is 8.22. The molecule has 2 aromatic rings. The maximum Gasteiger partial charge on any atom is 0.329 e. The molecule has 2 N–H and O–H groups in total. The van der Waals surface area contributed by atoms with Crippen molar-refractivity contribution < 1.29 is 23.5 Å². The molecule has 1 heterocycles. The number of anilines is 1. The van der Waals surface area contributed by atoms with E-state index in [1.54, 1.807) is 24.3 Å². The highest BCUT2D eigenvalue weighted by Gasteiger charge is 2.35. The molecule has 0 spiro atoms. The maximum atomic E-state index is 13.6. The first-order chi connectivity index (χ1) is 13.4. The van der Waals surface area contributed by atoms with Gasteiger partial charge in [0.25, 0.3) is 5.91 Å². The third-order valence-corrected chi connectivity index (χ3v) is 4.40. The van der Waals surface area contributed by atoms with Crippen molar-refractivity contribution in [3.63, 3.8) is 0 Å². The number of benzene rings is 2. The number of hydrogen-bond acceptors (Lipinski definition) is 4. The lowest BCUT2D eigenvalue weighted by Gasteiger charge is -2.12. The minimum atomic E-state index is -0.742. The predicted molar refractivity (Wildman–Crippen MR) is 104 cm³/mol. The molecule has 1 aliphatic rings. The number of ether oxygens (including phenoxy) is 1. The van der Waals surface area contributed by atoms with Crippen molar-refractivity contribution in [1.82, 2.24) is 10.2 Å². The van der Waals surface area contributed by atoms with E-state index in [2.05, 4.69) is 26.6 Å². The Morgan fingerprint density at radius 1 is 1.29 bits per heavy atom. The SMILES string of the molecule is COc1ccc(Br)cc1/C=C1/NC(=O)N(CC(=O)Nc2ccccc2F)C1=O. The third kappa shape index (κ3) is 4.20. The zero-order valence-electron chi connectivity index (χ0n) is 14.7. The van der Waals surface area contributed by atoms with Gasteiger partial charge in [0.05, 0.1) is 12.8 Å². The topological polar surface area (TPSA) is 87.7 Å². The average molecular weight is 448 g/mol. The molecule has 0 aromatic heterocycles. The number of methoxy groups -OCH3 is 1. The largest absolute Gasteiger partial charge is 0.496 e. The lowest BCUT2D eigenvalue weighted by atomic mass is 10.1. The van der Waals surface area contributed by atoms with Crippen LogP contribution >= 0.6 is 15.9 Å². The average Bonchev–Trinajstić information content (AvgIpc) is 2.91. The van der Waals surface area contributed by atoms with E-state index in [1.165, 1.54) is 31.4 Å². The van der Waals surface area contributed by atoms with Crippen molar-refractivity contribution in [3.8, 4) is 5.75 Å². The highest BCUT2D eigenvalue weighted by molar-refractivity contribution is 9.10. The van der Waals surface area contributed by atoms with Crippen molar-refractivity contribution in [3.05, 3.63) is 64.0 Å². The molecule has 0 unspecified atom stereocenters. The summed E-state index contributed by atoms with van der Waals surface area (Å²) >= 11 is 3.33. The number of carbonyl (C=O) groups is 3. The molecule has 1 fully saturated rings. The molecule has 0 bridgehead atoms. The van der Waals surface area contributed by atoms with Crippen LogP contribution in [0.25, 0.3) is 6.08 Å². The smallest absolute Gasteiger partial charge is 0.329 e. The number of hydrogen-bond donors (Lipinski definition) is 2. The molecule has 1 aliphatic heterocycles. The van der Waals surface area contributed by atoms with Gasteiger partial charge in [-0.05, 0) is 36.4 Å². The van der Waals surface area contributed by atoms with E-state index >= 15 is 0 Å². The van der Waals surface area contributed by atoms with Crippen LogP contribution in [0.3, 0.4) is 0 Å². The quantitative estimate of drug-likeness (QED) is 0.544. The van der Waals surface area contributed by atoms with Crippen LogP contribution in [0.2, 0.25) is 0 Å². The normalized spacial score (nSPS) is 15.0. The number of halogens is 2. The summed E-state index contributed by atoms with van der Waals surface area (Å²) < 4.78 is 19.6. The summed E-state index contributed by atoms with van der Waals surface area (Å²) in [5.41, 5.74) is 0.535. The van der Waals surface area contributed by atoms with Crippen molar-refractivity contribution in [2.24, 2.45) is 0 Å². The molecule has 0 atom stereocenters. The van der Waals surface area contributed by atoms with Gasteiger partial charge in [0.2, 0.25) is 5.91 Å².